The largest absolute Gasteiger partial charge is 0.383 e. The minimum absolute atomic E-state index is 0.290. The van der Waals surface area contributed by atoms with Gasteiger partial charge >= 0.3 is 0 Å². The summed E-state index contributed by atoms with van der Waals surface area (Å²) in [6, 6.07) is 12.7. The maximum absolute atomic E-state index is 12.3. The van der Waals surface area contributed by atoms with E-state index < -0.39 is 5.56 Å². The molecule has 0 atom stereocenters. The average molecular weight is 414 g/mol. The molecule has 0 aliphatic heterocycles. The number of hydrogen-bond acceptors (Lipinski definition) is 8. The summed E-state index contributed by atoms with van der Waals surface area (Å²) in [7, 11) is 1.65. The van der Waals surface area contributed by atoms with Gasteiger partial charge in [-0.25, -0.2) is 15.0 Å². The fourth-order valence-corrected chi connectivity index (χ4v) is 3.21. The fourth-order valence-electron chi connectivity index (χ4n) is 3.21. The minimum Gasteiger partial charge on any atom is -0.383 e. The van der Waals surface area contributed by atoms with Crippen LogP contribution in [0.4, 0.5) is 11.6 Å². The first-order valence-electron chi connectivity index (χ1n) is 9.62. The predicted molar refractivity (Wildman–Crippen MR) is 115 cm³/mol. The Kier molecular flexibility index (Phi) is 4.81. The molecule has 0 amide bonds. The van der Waals surface area contributed by atoms with E-state index in [0.29, 0.717) is 36.3 Å². The third-order valence-electron chi connectivity index (χ3n) is 4.72. The first-order valence-corrected chi connectivity index (χ1v) is 9.62. The van der Waals surface area contributed by atoms with Crippen molar-refractivity contribution in [3.8, 4) is 11.4 Å². The summed E-state index contributed by atoms with van der Waals surface area (Å²) in [4.78, 5) is 25.5. The maximum Gasteiger partial charge on any atom is 0.293 e. The number of ether oxygens (including phenoxy) is 1. The molecule has 31 heavy (non-hydrogen) atoms. The number of benzene rings is 1. The first-order chi connectivity index (χ1) is 15.2. The van der Waals surface area contributed by atoms with Gasteiger partial charge in [-0.15, -0.1) is 5.10 Å². The molecule has 4 aromatic heterocycles. The fraction of sp³-hybridized carbons (Fsp3) is 0.143. The number of methoxy groups -OCH3 is 1. The van der Waals surface area contributed by atoms with Gasteiger partial charge in [-0.3, -0.25) is 9.48 Å². The van der Waals surface area contributed by atoms with E-state index in [2.05, 4.69) is 25.5 Å². The Bertz CT molecular complexity index is 1440. The molecule has 0 aliphatic rings. The third kappa shape index (κ3) is 3.60. The van der Waals surface area contributed by atoms with Gasteiger partial charge in [0.1, 0.15) is 5.69 Å². The molecule has 1 aromatic carbocycles. The molecule has 0 fully saturated rings. The Morgan fingerprint density at radius 1 is 1.10 bits per heavy atom. The Balaban J connectivity index is 1.66. The molecule has 1 N–H and O–H groups in total. The highest BCUT2D eigenvalue weighted by atomic mass is 16.5. The normalized spacial score (nSPS) is 11.3. The van der Waals surface area contributed by atoms with Crippen LogP contribution in [0.5, 0.6) is 0 Å². The Hall–Kier alpha value is -4.18. The van der Waals surface area contributed by atoms with Crippen LogP contribution in [0.3, 0.4) is 0 Å². The van der Waals surface area contributed by atoms with Crippen molar-refractivity contribution in [1.82, 2.24) is 34.3 Å². The molecule has 0 bridgehead atoms. The van der Waals surface area contributed by atoms with Crippen molar-refractivity contribution in [2.75, 3.05) is 19.0 Å². The van der Waals surface area contributed by atoms with Crippen LogP contribution in [0, 0.1) is 0 Å². The quantitative estimate of drug-likeness (QED) is 0.450. The van der Waals surface area contributed by atoms with E-state index in [-0.39, 0.29) is 0 Å². The molecule has 10 nitrogen and oxygen atoms in total. The molecule has 4 heterocycles. The number of nitrogens with zero attached hydrogens (tertiary/aromatic N) is 7. The van der Waals surface area contributed by atoms with Gasteiger partial charge in [-0.05, 0) is 24.3 Å². The van der Waals surface area contributed by atoms with Gasteiger partial charge < -0.3 is 10.1 Å². The van der Waals surface area contributed by atoms with Crippen LogP contribution >= 0.6 is 0 Å². The van der Waals surface area contributed by atoms with Crippen molar-refractivity contribution in [3.63, 3.8) is 0 Å². The molecule has 5 aromatic rings. The molecule has 154 valence electrons. The summed E-state index contributed by atoms with van der Waals surface area (Å²) < 4.78 is 8.47. The molecule has 0 aliphatic carbocycles. The Labute approximate surface area is 176 Å². The van der Waals surface area contributed by atoms with Gasteiger partial charge in [0.2, 0.25) is 5.95 Å². The zero-order valence-corrected chi connectivity index (χ0v) is 16.6. The van der Waals surface area contributed by atoms with Crippen molar-refractivity contribution in [3.05, 3.63) is 71.4 Å². The lowest BCUT2D eigenvalue weighted by Gasteiger charge is -2.07. The molecule has 5 rings (SSSR count). The van der Waals surface area contributed by atoms with E-state index in [1.165, 1.54) is 6.20 Å². The van der Waals surface area contributed by atoms with Gasteiger partial charge in [-0.1, -0.05) is 18.2 Å². The lowest BCUT2D eigenvalue weighted by molar-refractivity contribution is 0.183. The molecule has 0 saturated carbocycles. The number of anilines is 2. The smallest absolute Gasteiger partial charge is 0.293 e. The summed E-state index contributed by atoms with van der Waals surface area (Å²) in [5, 5.41) is 12.9. The average Bonchev–Trinajstić information content (AvgIpc) is 3.39. The molecule has 0 spiro atoms. The summed E-state index contributed by atoms with van der Waals surface area (Å²) >= 11 is 0. The molecule has 0 saturated heterocycles. The Morgan fingerprint density at radius 3 is 2.87 bits per heavy atom. The van der Waals surface area contributed by atoms with E-state index in [4.69, 9.17) is 9.72 Å². The second kappa shape index (κ2) is 7.92. The zero-order valence-electron chi connectivity index (χ0n) is 16.6. The number of aromatic nitrogens is 7. The molecular weight excluding hydrogens is 396 g/mol. The van der Waals surface area contributed by atoms with Crippen LogP contribution in [-0.2, 0) is 11.3 Å². The van der Waals surface area contributed by atoms with Gasteiger partial charge in [0.05, 0.1) is 30.4 Å². The number of fused-ring (bicyclic) bond motifs is 3. The lowest BCUT2D eigenvalue weighted by atomic mass is 10.2. The highest BCUT2D eigenvalue weighted by Gasteiger charge is 2.16. The highest BCUT2D eigenvalue weighted by Crippen LogP contribution is 2.24. The molecule has 0 unspecified atom stereocenters. The Morgan fingerprint density at radius 2 is 1.97 bits per heavy atom. The van der Waals surface area contributed by atoms with Gasteiger partial charge in [0, 0.05) is 24.9 Å². The number of hydrogen-bond donors (Lipinski definition) is 1. The minimum atomic E-state index is -0.395. The van der Waals surface area contributed by atoms with Crippen LogP contribution < -0.4 is 10.9 Å². The SMILES string of the molecule is COCCn1cc(-c2nc3c4ccccc4nc(Nc4ccccnc4=O)n3n2)cn1. The summed E-state index contributed by atoms with van der Waals surface area (Å²) in [6.07, 6.45) is 5.03. The van der Waals surface area contributed by atoms with Crippen LogP contribution in [0.1, 0.15) is 0 Å². The molecule has 10 heteroatoms. The summed E-state index contributed by atoms with van der Waals surface area (Å²) in [5.74, 6) is 0.869. The summed E-state index contributed by atoms with van der Waals surface area (Å²) in [5.41, 5.74) is 2.01. The maximum atomic E-state index is 12.3. The number of para-hydroxylation sites is 1. The van der Waals surface area contributed by atoms with E-state index in [9.17, 15) is 4.79 Å². The van der Waals surface area contributed by atoms with Crippen molar-refractivity contribution >= 4 is 28.2 Å². The van der Waals surface area contributed by atoms with Crippen molar-refractivity contribution < 1.29 is 4.74 Å². The van der Waals surface area contributed by atoms with E-state index in [1.54, 1.807) is 40.7 Å². The second-order valence-electron chi connectivity index (χ2n) is 6.78. The van der Waals surface area contributed by atoms with Crippen LogP contribution in [0.25, 0.3) is 27.9 Å². The van der Waals surface area contributed by atoms with Crippen LogP contribution in [0.2, 0.25) is 0 Å². The summed E-state index contributed by atoms with van der Waals surface area (Å²) in [6.45, 7) is 1.19. The third-order valence-corrected chi connectivity index (χ3v) is 4.72. The number of nitrogens with one attached hydrogen (secondary N) is 1. The van der Waals surface area contributed by atoms with Gasteiger partial charge in [-0.2, -0.15) is 9.61 Å². The van der Waals surface area contributed by atoms with E-state index in [0.717, 1.165) is 16.5 Å². The molecular formula is C21H18N8O2. The van der Waals surface area contributed by atoms with E-state index in [1.807, 2.05) is 30.5 Å². The first kappa shape index (κ1) is 18.8. The monoisotopic (exact) mass is 414 g/mol. The van der Waals surface area contributed by atoms with E-state index >= 15 is 0 Å². The topological polar surface area (TPSA) is 112 Å². The number of rotatable bonds is 6. The van der Waals surface area contributed by atoms with Crippen molar-refractivity contribution in [1.29, 1.82) is 0 Å². The van der Waals surface area contributed by atoms with Gasteiger partial charge in [0.25, 0.3) is 5.56 Å². The van der Waals surface area contributed by atoms with Crippen molar-refractivity contribution in [2.24, 2.45) is 0 Å². The van der Waals surface area contributed by atoms with Crippen LogP contribution in [-0.4, -0.2) is 48.1 Å². The van der Waals surface area contributed by atoms with Crippen LogP contribution in [0.15, 0.2) is 65.8 Å². The zero-order chi connectivity index (χ0) is 21.2. The predicted octanol–water partition coefficient (Wildman–Crippen LogP) is 2.29. The van der Waals surface area contributed by atoms with Crippen molar-refractivity contribution in [2.45, 2.75) is 6.54 Å². The standard InChI is InChI=1S/C21H18N8O2/c1-31-11-10-28-13-14(12-23-28)18-26-19-15-6-2-3-7-16(15)24-21(29(19)27-18)25-17-8-4-5-9-22-20(17)30/h2-9,12-13H,10-11H2,1H3,(H,22,24,25,30). The lowest BCUT2D eigenvalue weighted by Crippen LogP contribution is -2.11. The van der Waals surface area contributed by atoms with Gasteiger partial charge in [0.15, 0.2) is 11.5 Å². The highest BCUT2D eigenvalue weighted by molar-refractivity contribution is 5.93. The second-order valence-corrected chi connectivity index (χ2v) is 6.78. The molecule has 0 radical (unpaired) electrons.